The van der Waals surface area contributed by atoms with E-state index in [9.17, 15) is 0 Å². The van der Waals surface area contributed by atoms with Crippen LogP contribution in [0.1, 0.15) is 104 Å². The van der Waals surface area contributed by atoms with Gasteiger partial charge in [-0.15, -0.1) is 0 Å². The molecule has 1 saturated heterocycles. The molecule has 1 heterocycles. The smallest absolute Gasteiger partial charge is 0.00162 e. The van der Waals surface area contributed by atoms with Crippen molar-refractivity contribution in [3.05, 3.63) is 0 Å². The van der Waals surface area contributed by atoms with Gasteiger partial charge in [0.1, 0.15) is 0 Å². The molecule has 126 valence electrons. The Morgan fingerprint density at radius 2 is 1.10 bits per heavy atom. The van der Waals surface area contributed by atoms with Crippen LogP contribution in [0.25, 0.3) is 0 Å². The average molecular weight is 296 g/mol. The molecular formula is C20H41N. The maximum atomic E-state index is 2.69. The lowest BCUT2D eigenvalue weighted by atomic mass is 9.99. The quantitative estimate of drug-likeness (QED) is 0.354. The molecule has 1 aliphatic rings. The van der Waals surface area contributed by atoms with Crippen molar-refractivity contribution >= 4 is 0 Å². The van der Waals surface area contributed by atoms with E-state index in [-0.39, 0.29) is 0 Å². The van der Waals surface area contributed by atoms with Crippen LogP contribution >= 0.6 is 0 Å². The van der Waals surface area contributed by atoms with E-state index >= 15 is 0 Å². The summed E-state index contributed by atoms with van der Waals surface area (Å²) in [5, 5.41) is 0. The molecule has 1 rings (SSSR count). The van der Waals surface area contributed by atoms with Crippen molar-refractivity contribution in [2.24, 2.45) is 5.92 Å². The predicted molar refractivity (Wildman–Crippen MR) is 95.9 cm³/mol. The Bertz CT molecular complexity index is 206. The molecule has 0 N–H and O–H groups in total. The fourth-order valence-electron chi connectivity index (χ4n) is 3.46. The number of rotatable bonds is 13. The summed E-state index contributed by atoms with van der Waals surface area (Å²) >= 11 is 0. The third kappa shape index (κ3) is 11.2. The average Bonchev–Trinajstić information content (AvgIpc) is 2.50. The van der Waals surface area contributed by atoms with Crippen molar-refractivity contribution in [3.63, 3.8) is 0 Å². The minimum absolute atomic E-state index is 0.975. The second kappa shape index (κ2) is 13.6. The van der Waals surface area contributed by atoms with Crippen LogP contribution in [-0.2, 0) is 0 Å². The monoisotopic (exact) mass is 295 g/mol. The van der Waals surface area contributed by atoms with Gasteiger partial charge in [-0.3, -0.25) is 0 Å². The summed E-state index contributed by atoms with van der Waals surface area (Å²) in [5.74, 6) is 0.975. The molecule has 0 unspecified atom stereocenters. The zero-order valence-corrected chi connectivity index (χ0v) is 15.0. The zero-order valence-electron chi connectivity index (χ0n) is 15.0. The first-order valence-corrected chi connectivity index (χ1v) is 10.0. The van der Waals surface area contributed by atoms with Crippen molar-refractivity contribution in [1.82, 2.24) is 4.90 Å². The minimum atomic E-state index is 0.975. The maximum Gasteiger partial charge on any atom is -0.00162 e. The van der Waals surface area contributed by atoms with E-state index in [4.69, 9.17) is 0 Å². The summed E-state index contributed by atoms with van der Waals surface area (Å²) in [6.45, 7) is 8.79. The highest BCUT2D eigenvalue weighted by atomic mass is 15.1. The Morgan fingerprint density at radius 1 is 0.667 bits per heavy atom. The molecule has 21 heavy (non-hydrogen) atoms. The Balaban J connectivity index is 1.73. The Labute approximate surface area is 134 Å². The number of unbranched alkanes of at least 4 members (excludes halogenated alkanes) is 11. The normalized spacial score (nSPS) is 17.4. The second-order valence-electron chi connectivity index (χ2n) is 7.41. The third-order valence-corrected chi connectivity index (χ3v) is 5.20. The van der Waals surface area contributed by atoms with E-state index in [1.54, 1.807) is 0 Å². The molecule has 0 aromatic carbocycles. The molecule has 0 saturated carbocycles. The number of likely N-dealkylation sites (tertiary alicyclic amines) is 1. The topological polar surface area (TPSA) is 3.24 Å². The lowest BCUT2D eigenvalue weighted by Gasteiger charge is -2.30. The summed E-state index contributed by atoms with van der Waals surface area (Å²) in [6, 6.07) is 0. The van der Waals surface area contributed by atoms with E-state index in [1.807, 2.05) is 0 Å². The van der Waals surface area contributed by atoms with Crippen LogP contribution in [-0.4, -0.2) is 24.5 Å². The molecule has 1 heteroatoms. The molecule has 0 aliphatic carbocycles. The fourth-order valence-corrected chi connectivity index (χ4v) is 3.46. The van der Waals surface area contributed by atoms with Crippen molar-refractivity contribution in [2.75, 3.05) is 19.6 Å². The first kappa shape index (κ1) is 19.0. The number of hydrogen-bond acceptors (Lipinski definition) is 1. The van der Waals surface area contributed by atoms with E-state index < -0.39 is 0 Å². The molecular weight excluding hydrogens is 254 g/mol. The number of piperidine rings is 1. The number of hydrogen-bond donors (Lipinski definition) is 0. The maximum absolute atomic E-state index is 2.69. The SMILES string of the molecule is CCCCCCCCCCCCCCN1CCC(C)CC1. The zero-order chi connectivity index (χ0) is 15.2. The van der Waals surface area contributed by atoms with Crippen LogP contribution in [0.2, 0.25) is 0 Å². The fraction of sp³-hybridized carbons (Fsp3) is 1.00. The van der Waals surface area contributed by atoms with Crippen LogP contribution < -0.4 is 0 Å². The van der Waals surface area contributed by atoms with Crippen molar-refractivity contribution < 1.29 is 0 Å². The van der Waals surface area contributed by atoms with Crippen LogP contribution in [0.4, 0.5) is 0 Å². The van der Waals surface area contributed by atoms with E-state index in [0.29, 0.717) is 0 Å². The first-order valence-electron chi connectivity index (χ1n) is 10.0. The van der Waals surface area contributed by atoms with Crippen LogP contribution in [0.5, 0.6) is 0 Å². The lowest BCUT2D eigenvalue weighted by molar-refractivity contribution is 0.189. The van der Waals surface area contributed by atoms with Gasteiger partial charge in [0.15, 0.2) is 0 Å². The molecule has 0 aromatic heterocycles. The van der Waals surface area contributed by atoms with Crippen molar-refractivity contribution in [1.29, 1.82) is 0 Å². The van der Waals surface area contributed by atoms with Gasteiger partial charge in [-0.25, -0.2) is 0 Å². The Kier molecular flexibility index (Phi) is 12.3. The van der Waals surface area contributed by atoms with Crippen LogP contribution in [0.15, 0.2) is 0 Å². The van der Waals surface area contributed by atoms with Gasteiger partial charge in [0.05, 0.1) is 0 Å². The van der Waals surface area contributed by atoms with Crippen molar-refractivity contribution in [3.8, 4) is 0 Å². The highest BCUT2D eigenvalue weighted by Crippen LogP contribution is 2.17. The molecule has 1 fully saturated rings. The van der Waals surface area contributed by atoms with Gasteiger partial charge in [0.2, 0.25) is 0 Å². The van der Waals surface area contributed by atoms with E-state index in [1.165, 1.54) is 110 Å². The molecule has 1 nitrogen and oxygen atoms in total. The molecule has 0 radical (unpaired) electrons. The van der Waals surface area contributed by atoms with Gasteiger partial charge in [0.25, 0.3) is 0 Å². The molecule has 0 spiro atoms. The Morgan fingerprint density at radius 3 is 1.57 bits per heavy atom. The van der Waals surface area contributed by atoms with Crippen LogP contribution in [0, 0.1) is 5.92 Å². The van der Waals surface area contributed by atoms with Gasteiger partial charge in [0, 0.05) is 0 Å². The van der Waals surface area contributed by atoms with E-state index in [0.717, 1.165) is 5.92 Å². The molecule has 0 bridgehead atoms. The van der Waals surface area contributed by atoms with Gasteiger partial charge >= 0.3 is 0 Å². The second-order valence-corrected chi connectivity index (χ2v) is 7.41. The predicted octanol–water partition coefficient (Wildman–Crippen LogP) is 6.42. The van der Waals surface area contributed by atoms with Gasteiger partial charge in [-0.2, -0.15) is 0 Å². The third-order valence-electron chi connectivity index (χ3n) is 5.20. The van der Waals surface area contributed by atoms with Crippen molar-refractivity contribution in [2.45, 2.75) is 104 Å². The van der Waals surface area contributed by atoms with E-state index in [2.05, 4.69) is 18.7 Å². The summed E-state index contributed by atoms with van der Waals surface area (Å²) in [4.78, 5) is 2.69. The first-order chi connectivity index (χ1) is 10.3. The highest BCUT2D eigenvalue weighted by molar-refractivity contribution is 4.69. The summed E-state index contributed by atoms with van der Waals surface area (Å²) in [5.41, 5.74) is 0. The highest BCUT2D eigenvalue weighted by Gasteiger charge is 2.14. The summed E-state index contributed by atoms with van der Waals surface area (Å²) in [7, 11) is 0. The minimum Gasteiger partial charge on any atom is -0.303 e. The molecule has 0 atom stereocenters. The van der Waals surface area contributed by atoms with Gasteiger partial charge < -0.3 is 4.90 Å². The molecule has 1 aliphatic heterocycles. The van der Waals surface area contributed by atoms with Crippen LogP contribution in [0.3, 0.4) is 0 Å². The summed E-state index contributed by atoms with van der Waals surface area (Å²) < 4.78 is 0. The molecule has 0 amide bonds. The van der Waals surface area contributed by atoms with Gasteiger partial charge in [-0.05, 0) is 44.8 Å². The standard InChI is InChI=1S/C20H41N/c1-3-4-5-6-7-8-9-10-11-12-13-14-17-21-18-15-20(2)16-19-21/h20H,3-19H2,1-2H3. The molecule has 0 aromatic rings. The Hall–Kier alpha value is -0.0400. The summed E-state index contributed by atoms with van der Waals surface area (Å²) in [6.07, 6.45) is 20.4. The number of nitrogens with zero attached hydrogens (tertiary/aromatic N) is 1. The largest absolute Gasteiger partial charge is 0.303 e. The van der Waals surface area contributed by atoms with Gasteiger partial charge in [-0.1, -0.05) is 84.5 Å². The lowest BCUT2D eigenvalue weighted by Crippen LogP contribution is -2.33.